The number of hydrazone groups is 1. The molecule has 16 heavy (non-hydrogen) atoms. The van der Waals surface area contributed by atoms with Crippen molar-refractivity contribution in [3.63, 3.8) is 0 Å². The number of hydrogen-bond donors (Lipinski definition) is 4. The van der Waals surface area contributed by atoms with Gasteiger partial charge < -0.3 is 20.7 Å². The maximum Gasteiger partial charge on any atom is 0.145 e. The van der Waals surface area contributed by atoms with E-state index in [-0.39, 0.29) is 19.0 Å². The minimum Gasteiger partial charge on any atom is -0.505 e. The molecule has 88 valence electrons. The van der Waals surface area contributed by atoms with E-state index in [0.29, 0.717) is 23.4 Å². The van der Waals surface area contributed by atoms with E-state index in [2.05, 4.69) is 15.5 Å². The van der Waals surface area contributed by atoms with Crippen LogP contribution in [0.2, 0.25) is 0 Å². The van der Waals surface area contributed by atoms with Gasteiger partial charge in [-0.1, -0.05) is 0 Å². The molecule has 4 N–H and O–H groups in total. The summed E-state index contributed by atoms with van der Waals surface area (Å²) in [7, 11) is 0. The van der Waals surface area contributed by atoms with Crippen LogP contribution in [0.4, 0.5) is 0 Å². The zero-order chi connectivity index (χ0) is 12.0. The largest absolute Gasteiger partial charge is 0.505 e. The zero-order valence-electron chi connectivity index (χ0n) is 9.01. The molecular weight excluding hydrogens is 210 g/mol. The molecule has 0 aliphatic heterocycles. The Morgan fingerprint density at radius 3 is 2.88 bits per heavy atom. The van der Waals surface area contributed by atoms with Crippen LogP contribution in [0.3, 0.4) is 0 Å². The van der Waals surface area contributed by atoms with Gasteiger partial charge in [-0.05, 0) is 6.92 Å². The Hall–Kier alpha value is -1.66. The van der Waals surface area contributed by atoms with Crippen LogP contribution >= 0.6 is 0 Å². The maximum absolute atomic E-state index is 9.72. The summed E-state index contributed by atoms with van der Waals surface area (Å²) in [5.74, 6) is 0.00102. The molecule has 1 rings (SSSR count). The molecule has 0 amide bonds. The third-order valence-corrected chi connectivity index (χ3v) is 2.04. The van der Waals surface area contributed by atoms with Gasteiger partial charge in [0, 0.05) is 17.3 Å². The van der Waals surface area contributed by atoms with E-state index >= 15 is 0 Å². The monoisotopic (exact) mass is 225 g/mol. The van der Waals surface area contributed by atoms with Gasteiger partial charge in [-0.3, -0.25) is 4.98 Å². The standard InChI is InChI=1S/C10H15N3O3/c1-7-10(16)9(5-13-12-2-3-14)8(6-15)4-11-7/h4-5,12,14-16H,2-3,6H2,1H3. The highest BCUT2D eigenvalue weighted by Gasteiger charge is 2.08. The molecule has 0 atom stereocenters. The lowest BCUT2D eigenvalue weighted by Gasteiger charge is -2.06. The zero-order valence-corrected chi connectivity index (χ0v) is 9.01. The van der Waals surface area contributed by atoms with E-state index in [1.807, 2.05) is 0 Å². The molecule has 0 aliphatic carbocycles. The molecule has 1 aromatic heterocycles. The number of aromatic hydroxyl groups is 1. The van der Waals surface area contributed by atoms with Crippen LogP contribution in [0.25, 0.3) is 0 Å². The second-order valence-corrected chi connectivity index (χ2v) is 3.18. The Labute approximate surface area is 93.3 Å². The molecule has 0 bridgehead atoms. The van der Waals surface area contributed by atoms with Gasteiger partial charge in [0.15, 0.2) is 0 Å². The number of pyridine rings is 1. The van der Waals surface area contributed by atoms with Crippen LogP contribution in [0.15, 0.2) is 11.3 Å². The van der Waals surface area contributed by atoms with Crippen LogP contribution in [-0.4, -0.2) is 39.7 Å². The first kappa shape index (κ1) is 12.4. The predicted molar refractivity (Wildman–Crippen MR) is 59.2 cm³/mol. The fraction of sp³-hybridized carbons (Fsp3) is 0.400. The average Bonchev–Trinajstić information content (AvgIpc) is 2.30. The molecule has 0 saturated carbocycles. The van der Waals surface area contributed by atoms with Crippen LogP contribution in [0, 0.1) is 6.92 Å². The lowest BCUT2D eigenvalue weighted by atomic mass is 10.1. The quantitative estimate of drug-likeness (QED) is 0.308. The molecule has 0 fully saturated rings. The first-order valence-corrected chi connectivity index (χ1v) is 4.85. The number of aliphatic hydroxyl groups excluding tert-OH is 2. The number of aryl methyl sites for hydroxylation is 1. The number of rotatable bonds is 5. The minimum atomic E-state index is -0.220. The van der Waals surface area contributed by atoms with Crippen molar-refractivity contribution >= 4 is 6.21 Å². The molecule has 1 aromatic rings. The summed E-state index contributed by atoms with van der Waals surface area (Å²) in [5.41, 5.74) is 3.99. The van der Waals surface area contributed by atoms with Crippen LogP contribution in [0.5, 0.6) is 5.75 Å². The van der Waals surface area contributed by atoms with Crippen LogP contribution in [-0.2, 0) is 6.61 Å². The van der Waals surface area contributed by atoms with Crippen molar-refractivity contribution < 1.29 is 15.3 Å². The van der Waals surface area contributed by atoms with Crippen molar-refractivity contribution in [2.24, 2.45) is 5.10 Å². The Balaban J connectivity index is 2.92. The van der Waals surface area contributed by atoms with E-state index in [4.69, 9.17) is 10.2 Å². The lowest BCUT2D eigenvalue weighted by molar-refractivity contribution is 0.280. The smallest absolute Gasteiger partial charge is 0.145 e. The van der Waals surface area contributed by atoms with Gasteiger partial charge >= 0.3 is 0 Å². The van der Waals surface area contributed by atoms with Gasteiger partial charge in [-0.2, -0.15) is 5.10 Å². The summed E-state index contributed by atoms with van der Waals surface area (Å²) in [5, 5.41) is 31.1. The third kappa shape index (κ3) is 2.91. The molecule has 0 radical (unpaired) electrons. The van der Waals surface area contributed by atoms with Crippen molar-refractivity contribution in [2.45, 2.75) is 13.5 Å². The summed E-state index contributed by atoms with van der Waals surface area (Å²) < 4.78 is 0. The lowest BCUT2D eigenvalue weighted by Crippen LogP contribution is -2.11. The Kier molecular flexibility index (Phi) is 4.68. The van der Waals surface area contributed by atoms with Crippen LogP contribution < -0.4 is 5.43 Å². The number of aromatic nitrogens is 1. The first-order chi connectivity index (χ1) is 7.70. The molecule has 0 spiro atoms. The summed E-state index contributed by atoms with van der Waals surface area (Å²) in [6, 6.07) is 0. The molecule has 6 heteroatoms. The number of aliphatic hydroxyl groups is 2. The van der Waals surface area contributed by atoms with Crippen molar-refractivity contribution in [1.82, 2.24) is 10.4 Å². The fourth-order valence-electron chi connectivity index (χ4n) is 1.15. The Morgan fingerprint density at radius 2 is 2.25 bits per heavy atom. The molecule has 0 saturated heterocycles. The second-order valence-electron chi connectivity index (χ2n) is 3.18. The van der Waals surface area contributed by atoms with Gasteiger partial charge in [0.05, 0.1) is 31.7 Å². The minimum absolute atomic E-state index is 0.00102. The van der Waals surface area contributed by atoms with Gasteiger partial charge in [0.1, 0.15) is 5.75 Å². The van der Waals surface area contributed by atoms with E-state index < -0.39 is 0 Å². The molecule has 1 heterocycles. The molecule has 0 unspecified atom stereocenters. The van der Waals surface area contributed by atoms with E-state index in [9.17, 15) is 5.11 Å². The predicted octanol–water partition coefficient (Wildman–Crippen LogP) is -0.496. The normalized spacial score (nSPS) is 10.9. The molecule has 6 nitrogen and oxygen atoms in total. The van der Waals surface area contributed by atoms with Crippen molar-refractivity contribution in [3.05, 3.63) is 23.0 Å². The van der Waals surface area contributed by atoms with E-state index in [1.54, 1.807) is 6.92 Å². The summed E-state index contributed by atoms with van der Waals surface area (Å²) in [4.78, 5) is 3.92. The maximum atomic E-state index is 9.72. The molecular formula is C10H15N3O3. The van der Waals surface area contributed by atoms with Crippen molar-refractivity contribution in [3.8, 4) is 5.75 Å². The van der Waals surface area contributed by atoms with Gasteiger partial charge in [-0.25, -0.2) is 0 Å². The third-order valence-electron chi connectivity index (χ3n) is 2.04. The molecule has 0 aromatic carbocycles. The average molecular weight is 225 g/mol. The van der Waals surface area contributed by atoms with E-state index in [1.165, 1.54) is 12.4 Å². The highest BCUT2D eigenvalue weighted by Crippen LogP contribution is 2.21. The van der Waals surface area contributed by atoms with Gasteiger partial charge in [0.2, 0.25) is 0 Å². The number of nitrogens with zero attached hydrogens (tertiary/aromatic N) is 2. The molecule has 0 aliphatic rings. The first-order valence-electron chi connectivity index (χ1n) is 4.85. The summed E-state index contributed by atoms with van der Waals surface area (Å²) in [6.45, 7) is 1.75. The summed E-state index contributed by atoms with van der Waals surface area (Å²) in [6.07, 6.45) is 2.88. The van der Waals surface area contributed by atoms with Gasteiger partial charge in [-0.15, -0.1) is 0 Å². The van der Waals surface area contributed by atoms with Crippen LogP contribution in [0.1, 0.15) is 16.8 Å². The Morgan fingerprint density at radius 1 is 1.50 bits per heavy atom. The SMILES string of the molecule is Cc1ncc(CO)c(C=NNCCO)c1O. The highest BCUT2D eigenvalue weighted by molar-refractivity contribution is 5.85. The number of nitrogens with one attached hydrogen (secondary N) is 1. The topological polar surface area (TPSA) is 98.0 Å². The van der Waals surface area contributed by atoms with Crippen molar-refractivity contribution in [1.29, 1.82) is 0 Å². The number of hydrogen-bond acceptors (Lipinski definition) is 6. The van der Waals surface area contributed by atoms with Crippen molar-refractivity contribution in [2.75, 3.05) is 13.2 Å². The summed E-state index contributed by atoms with van der Waals surface area (Å²) >= 11 is 0. The van der Waals surface area contributed by atoms with E-state index in [0.717, 1.165) is 0 Å². The van der Waals surface area contributed by atoms with Gasteiger partial charge in [0.25, 0.3) is 0 Å². The fourth-order valence-corrected chi connectivity index (χ4v) is 1.15. The highest BCUT2D eigenvalue weighted by atomic mass is 16.3. The second kappa shape index (κ2) is 6.04. The Bertz CT molecular complexity index is 380.